The number of anilines is 1. The molecule has 0 radical (unpaired) electrons. The number of nitrogens with one attached hydrogen (secondary N) is 1. The van der Waals surface area contributed by atoms with Crippen molar-refractivity contribution < 1.29 is 28.7 Å². The van der Waals surface area contributed by atoms with Crippen molar-refractivity contribution in [2.75, 3.05) is 60.7 Å². The van der Waals surface area contributed by atoms with Crippen molar-refractivity contribution in [3.63, 3.8) is 0 Å². The molecule has 52 heavy (non-hydrogen) atoms. The average Bonchev–Trinajstić information content (AvgIpc) is 3.61. The first kappa shape index (κ1) is 43.2. The summed E-state index contributed by atoms with van der Waals surface area (Å²) in [6.07, 6.45) is 4.82. The largest absolute Gasteiger partial charge is 0.399 e. The molecule has 0 aromatic heterocycles. The molecule has 2 aliphatic rings. The Morgan fingerprint density at radius 1 is 0.981 bits per heavy atom. The van der Waals surface area contributed by atoms with Crippen LogP contribution in [-0.2, 0) is 35.1 Å². The molecule has 0 bridgehead atoms. The molecule has 294 valence electrons. The first-order chi connectivity index (χ1) is 24.7. The van der Waals surface area contributed by atoms with Crippen LogP contribution in [0.3, 0.4) is 0 Å². The van der Waals surface area contributed by atoms with Crippen LogP contribution in [0, 0.1) is 17.8 Å². The number of amides is 4. The first-order valence-electron chi connectivity index (χ1n) is 19.4. The molecule has 8 atom stereocenters. The minimum absolute atomic E-state index is 0.0151. The predicted octanol–water partition coefficient (Wildman–Crippen LogP) is 3.82. The van der Waals surface area contributed by atoms with Crippen LogP contribution >= 0.6 is 0 Å². The standard InChI is InChI=1S/C40H68N6O6/c1-11-27(4)36(45(8)40(50)35(26(2)3)42-38(48)32-18-12-13-21-43(32)6)33(51-9)25-34(47)46-22-15-19-31(46)37(52-10)28(5)39(49)44(7)23-20-29-16-14-17-30(41)24-29/h14,16-17,24,26-28,31-33,35-37H,11-13,15,18-23,25,41H2,1-10H3,(H,42,48)/t27-,28+,31-,32+,33+,35-,36-,37+/m0/s1. The van der Waals surface area contributed by atoms with Crippen LogP contribution in [0.15, 0.2) is 24.3 Å². The van der Waals surface area contributed by atoms with Gasteiger partial charge < -0.3 is 35.2 Å². The van der Waals surface area contributed by atoms with Crippen LogP contribution in [0.5, 0.6) is 0 Å². The Balaban J connectivity index is 1.73. The summed E-state index contributed by atoms with van der Waals surface area (Å²) in [6, 6.07) is 6.05. The quantitative estimate of drug-likeness (QED) is 0.218. The zero-order valence-electron chi connectivity index (χ0n) is 33.6. The van der Waals surface area contributed by atoms with Gasteiger partial charge in [0.15, 0.2) is 0 Å². The van der Waals surface area contributed by atoms with Crippen molar-refractivity contribution in [2.45, 2.75) is 122 Å². The number of carbonyl (C=O) groups excluding carboxylic acids is 4. The van der Waals surface area contributed by atoms with Gasteiger partial charge in [-0.1, -0.05) is 59.6 Å². The van der Waals surface area contributed by atoms with Gasteiger partial charge in [0.2, 0.25) is 23.6 Å². The molecule has 3 rings (SSSR count). The molecule has 12 heteroatoms. The second-order valence-electron chi connectivity index (χ2n) is 15.6. The molecule has 2 heterocycles. The lowest BCUT2D eigenvalue weighted by molar-refractivity contribution is -0.149. The Kier molecular flexibility index (Phi) is 16.9. The molecule has 12 nitrogen and oxygen atoms in total. The number of methoxy groups -OCH3 is 2. The monoisotopic (exact) mass is 729 g/mol. The third-order valence-corrected chi connectivity index (χ3v) is 11.6. The van der Waals surface area contributed by atoms with E-state index in [1.807, 2.05) is 57.0 Å². The maximum Gasteiger partial charge on any atom is 0.245 e. The van der Waals surface area contributed by atoms with Gasteiger partial charge in [-0.25, -0.2) is 0 Å². The minimum atomic E-state index is -0.707. The van der Waals surface area contributed by atoms with Crippen LogP contribution in [0.2, 0.25) is 0 Å². The molecular formula is C40H68N6O6. The third kappa shape index (κ3) is 10.9. The van der Waals surface area contributed by atoms with Gasteiger partial charge in [-0.05, 0) is 75.2 Å². The number of carbonyl (C=O) groups is 4. The van der Waals surface area contributed by atoms with Gasteiger partial charge in [-0.3, -0.25) is 24.1 Å². The fraction of sp³-hybridized carbons (Fsp3) is 0.750. The summed E-state index contributed by atoms with van der Waals surface area (Å²) in [6.45, 7) is 11.9. The lowest BCUT2D eigenvalue weighted by Crippen LogP contribution is -2.59. The maximum atomic E-state index is 14.2. The Morgan fingerprint density at radius 2 is 1.69 bits per heavy atom. The summed E-state index contributed by atoms with van der Waals surface area (Å²) in [4.78, 5) is 62.8. The Labute approximate surface area is 313 Å². The van der Waals surface area contributed by atoms with Crippen molar-refractivity contribution in [1.82, 2.24) is 24.9 Å². The fourth-order valence-corrected chi connectivity index (χ4v) is 8.19. The van der Waals surface area contributed by atoms with Gasteiger partial charge in [0.25, 0.3) is 0 Å². The molecule has 0 saturated carbocycles. The van der Waals surface area contributed by atoms with Gasteiger partial charge in [0.05, 0.1) is 42.7 Å². The molecule has 0 spiro atoms. The van der Waals surface area contributed by atoms with Crippen LogP contribution in [0.25, 0.3) is 0 Å². The third-order valence-electron chi connectivity index (χ3n) is 11.6. The van der Waals surface area contributed by atoms with E-state index in [1.165, 1.54) is 0 Å². The predicted molar refractivity (Wildman–Crippen MR) is 205 cm³/mol. The Bertz CT molecular complexity index is 1330. The maximum absolute atomic E-state index is 14.2. The summed E-state index contributed by atoms with van der Waals surface area (Å²) in [5.41, 5.74) is 7.70. The van der Waals surface area contributed by atoms with E-state index in [9.17, 15) is 19.2 Å². The van der Waals surface area contributed by atoms with Gasteiger partial charge in [0.1, 0.15) is 6.04 Å². The topological polar surface area (TPSA) is 138 Å². The summed E-state index contributed by atoms with van der Waals surface area (Å²) < 4.78 is 12.0. The number of piperidine rings is 1. The SMILES string of the molecule is CC[C@H](C)[C@@H]([C@@H](CC(=O)N1CCC[C@H]1[C@H](OC)[C@@H](C)C(=O)N(C)CCc1cccc(N)c1)OC)N(C)C(=O)[C@@H](NC(=O)[C@H]1CCCCN1C)C(C)C. The van der Waals surface area contributed by atoms with Crippen molar-refractivity contribution in [3.8, 4) is 0 Å². The summed E-state index contributed by atoms with van der Waals surface area (Å²) in [5, 5.41) is 3.08. The number of hydrogen-bond acceptors (Lipinski definition) is 8. The number of hydrogen-bond donors (Lipinski definition) is 2. The van der Waals surface area contributed by atoms with Gasteiger partial charge in [-0.2, -0.15) is 0 Å². The van der Waals surface area contributed by atoms with Gasteiger partial charge in [-0.15, -0.1) is 0 Å². The summed E-state index contributed by atoms with van der Waals surface area (Å²) in [5.74, 6) is -1.02. The van der Waals surface area contributed by atoms with Crippen molar-refractivity contribution >= 4 is 29.3 Å². The molecule has 1 aromatic rings. The van der Waals surface area contributed by atoms with Crippen molar-refractivity contribution in [3.05, 3.63) is 29.8 Å². The number of nitrogen functional groups attached to an aromatic ring is 1. The highest BCUT2D eigenvalue weighted by Crippen LogP contribution is 2.30. The molecule has 2 saturated heterocycles. The number of nitrogens with zero attached hydrogens (tertiary/aromatic N) is 4. The van der Waals surface area contributed by atoms with E-state index >= 15 is 0 Å². The molecule has 0 aliphatic carbocycles. The number of rotatable bonds is 18. The van der Waals surface area contributed by atoms with E-state index in [0.29, 0.717) is 25.2 Å². The Hall–Kier alpha value is -3.22. The van der Waals surface area contributed by atoms with E-state index < -0.39 is 30.2 Å². The number of benzene rings is 1. The van der Waals surface area contributed by atoms with Crippen LogP contribution in [0.1, 0.15) is 85.1 Å². The van der Waals surface area contributed by atoms with Gasteiger partial charge in [0, 0.05) is 47.1 Å². The van der Waals surface area contributed by atoms with Crippen LogP contribution in [-0.4, -0.2) is 135 Å². The van der Waals surface area contributed by atoms with Gasteiger partial charge >= 0.3 is 0 Å². The van der Waals surface area contributed by atoms with E-state index in [0.717, 1.165) is 50.6 Å². The van der Waals surface area contributed by atoms with Crippen molar-refractivity contribution in [2.24, 2.45) is 17.8 Å². The van der Waals surface area contributed by atoms with E-state index in [4.69, 9.17) is 15.2 Å². The fourth-order valence-electron chi connectivity index (χ4n) is 8.19. The molecule has 1 aromatic carbocycles. The summed E-state index contributed by atoms with van der Waals surface area (Å²) in [7, 11) is 8.72. The molecule has 3 N–H and O–H groups in total. The van der Waals surface area contributed by atoms with Crippen LogP contribution in [0.4, 0.5) is 5.69 Å². The number of likely N-dealkylation sites (N-methyl/N-ethyl adjacent to an activating group) is 3. The second-order valence-corrected chi connectivity index (χ2v) is 15.6. The zero-order chi connectivity index (χ0) is 38.7. The normalized spacial score (nSPS) is 21.6. The zero-order valence-corrected chi connectivity index (χ0v) is 33.6. The van der Waals surface area contributed by atoms with Crippen LogP contribution < -0.4 is 11.1 Å². The number of nitrogens with two attached hydrogens (primary N) is 1. The number of ether oxygens (including phenoxy) is 2. The molecule has 2 fully saturated rings. The second kappa shape index (κ2) is 20.3. The highest BCUT2D eigenvalue weighted by atomic mass is 16.5. The molecule has 2 aliphatic heterocycles. The molecule has 0 unspecified atom stereocenters. The van der Waals surface area contributed by atoms with E-state index in [1.54, 1.807) is 38.1 Å². The molecular weight excluding hydrogens is 660 g/mol. The van der Waals surface area contributed by atoms with E-state index in [-0.39, 0.29) is 54.0 Å². The first-order valence-corrected chi connectivity index (χ1v) is 19.4. The summed E-state index contributed by atoms with van der Waals surface area (Å²) >= 11 is 0. The number of likely N-dealkylation sites (tertiary alicyclic amines) is 2. The highest BCUT2D eigenvalue weighted by Gasteiger charge is 2.43. The van der Waals surface area contributed by atoms with E-state index in [2.05, 4.69) is 24.1 Å². The smallest absolute Gasteiger partial charge is 0.245 e. The van der Waals surface area contributed by atoms with Crippen molar-refractivity contribution in [1.29, 1.82) is 0 Å². The minimum Gasteiger partial charge on any atom is -0.399 e. The lowest BCUT2D eigenvalue weighted by atomic mass is 9.89. The average molecular weight is 729 g/mol. The Morgan fingerprint density at radius 3 is 2.29 bits per heavy atom. The molecule has 4 amide bonds. The lowest BCUT2D eigenvalue weighted by Gasteiger charge is -2.41. The highest BCUT2D eigenvalue weighted by molar-refractivity contribution is 5.90.